The molecule has 0 atom stereocenters. The van der Waals surface area contributed by atoms with Crippen LogP contribution in [0.2, 0.25) is 5.02 Å². The van der Waals surface area contributed by atoms with Crippen LogP contribution in [-0.2, 0) is 10.0 Å². The summed E-state index contributed by atoms with van der Waals surface area (Å²) in [7, 11) is -3.71. The van der Waals surface area contributed by atoms with Gasteiger partial charge in [-0.25, -0.2) is 8.42 Å². The first-order valence-corrected chi connectivity index (χ1v) is 8.47. The Labute approximate surface area is 135 Å². The van der Waals surface area contributed by atoms with E-state index in [0.29, 0.717) is 27.4 Å². The number of nitrogens with one attached hydrogen (secondary N) is 1. The van der Waals surface area contributed by atoms with Gasteiger partial charge in [-0.1, -0.05) is 11.6 Å². The van der Waals surface area contributed by atoms with Crippen molar-refractivity contribution < 1.29 is 13.2 Å². The molecule has 22 heavy (non-hydrogen) atoms. The number of carbonyl (C=O) groups excluding carboxylic acids is 1. The van der Waals surface area contributed by atoms with Crippen molar-refractivity contribution >= 4 is 33.1 Å². The van der Waals surface area contributed by atoms with Crippen LogP contribution < -0.4 is 4.72 Å². The minimum absolute atomic E-state index is 0.0708. The van der Waals surface area contributed by atoms with Gasteiger partial charge >= 0.3 is 0 Å². The number of sulfonamides is 1. The molecule has 2 aromatic rings. The molecule has 116 valence electrons. The van der Waals surface area contributed by atoms with E-state index in [9.17, 15) is 13.2 Å². The van der Waals surface area contributed by atoms with Gasteiger partial charge in [-0.3, -0.25) is 9.52 Å². The maximum atomic E-state index is 12.5. The molecule has 0 spiro atoms. The highest BCUT2D eigenvalue weighted by molar-refractivity contribution is 7.92. The number of benzene rings is 2. The van der Waals surface area contributed by atoms with Crippen LogP contribution >= 0.6 is 11.6 Å². The van der Waals surface area contributed by atoms with E-state index < -0.39 is 10.0 Å². The fourth-order valence-corrected chi connectivity index (χ4v) is 3.62. The zero-order valence-corrected chi connectivity index (χ0v) is 14.0. The number of halogens is 1. The predicted octanol–water partition coefficient (Wildman–Crippen LogP) is 3.96. The van der Waals surface area contributed by atoms with Crippen molar-refractivity contribution in [2.24, 2.45) is 0 Å². The summed E-state index contributed by atoms with van der Waals surface area (Å²) in [4.78, 5) is 11.4. The number of rotatable bonds is 4. The van der Waals surface area contributed by atoms with Gasteiger partial charge in [0.05, 0.1) is 4.90 Å². The third-order valence-electron chi connectivity index (χ3n) is 3.29. The third kappa shape index (κ3) is 3.48. The highest BCUT2D eigenvalue weighted by atomic mass is 35.5. The summed E-state index contributed by atoms with van der Waals surface area (Å²) < 4.78 is 27.5. The summed E-state index contributed by atoms with van der Waals surface area (Å²) in [5.74, 6) is -0.0708. The Morgan fingerprint density at radius 1 is 1.05 bits per heavy atom. The summed E-state index contributed by atoms with van der Waals surface area (Å²) in [5.41, 5.74) is 2.20. The highest BCUT2D eigenvalue weighted by Gasteiger charge is 2.18. The van der Waals surface area contributed by atoms with E-state index in [1.54, 1.807) is 50.2 Å². The summed E-state index contributed by atoms with van der Waals surface area (Å²) in [6.45, 7) is 4.90. The van der Waals surface area contributed by atoms with Crippen LogP contribution in [0.5, 0.6) is 0 Å². The van der Waals surface area contributed by atoms with E-state index in [0.717, 1.165) is 0 Å². The molecule has 0 fully saturated rings. The highest BCUT2D eigenvalue weighted by Crippen LogP contribution is 2.25. The second-order valence-corrected chi connectivity index (χ2v) is 7.16. The molecule has 0 saturated heterocycles. The van der Waals surface area contributed by atoms with Crippen LogP contribution in [0.25, 0.3) is 0 Å². The number of ketones is 1. The van der Waals surface area contributed by atoms with Gasteiger partial charge in [-0.05, 0) is 68.3 Å². The Balaban J connectivity index is 2.35. The number of hydrogen-bond acceptors (Lipinski definition) is 3. The maximum Gasteiger partial charge on any atom is 0.262 e. The molecule has 0 aliphatic carbocycles. The van der Waals surface area contributed by atoms with Gasteiger partial charge in [-0.15, -0.1) is 0 Å². The van der Waals surface area contributed by atoms with Crippen molar-refractivity contribution in [1.29, 1.82) is 0 Å². The van der Waals surface area contributed by atoms with Crippen LogP contribution in [0.15, 0.2) is 41.3 Å². The topological polar surface area (TPSA) is 63.2 Å². The van der Waals surface area contributed by atoms with E-state index in [2.05, 4.69) is 4.72 Å². The van der Waals surface area contributed by atoms with Gasteiger partial charge in [0.25, 0.3) is 10.0 Å². The molecule has 2 rings (SSSR count). The minimum atomic E-state index is -3.71. The third-order valence-corrected chi connectivity index (χ3v) is 5.22. The molecule has 0 radical (unpaired) electrons. The van der Waals surface area contributed by atoms with Crippen molar-refractivity contribution in [3.05, 3.63) is 58.1 Å². The van der Waals surface area contributed by atoms with Gasteiger partial charge in [0.2, 0.25) is 0 Å². The van der Waals surface area contributed by atoms with Crippen molar-refractivity contribution in [3.8, 4) is 0 Å². The molecule has 0 aromatic heterocycles. The zero-order chi connectivity index (χ0) is 16.5. The Morgan fingerprint density at radius 2 is 1.64 bits per heavy atom. The molecular formula is C16H16ClNO3S. The van der Waals surface area contributed by atoms with Crippen LogP contribution in [0, 0.1) is 13.8 Å². The molecule has 0 heterocycles. The fraction of sp³-hybridized carbons (Fsp3) is 0.188. The first kappa shape index (κ1) is 16.5. The molecule has 0 saturated carbocycles. The molecule has 0 amide bonds. The number of hydrogen-bond donors (Lipinski definition) is 1. The summed E-state index contributed by atoms with van der Waals surface area (Å²) >= 11 is 6.00. The van der Waals surface area contributed by atoms with Crippen LogP contribution in [0.1, 0.15) is 28.4 Å². The lowest BCUT2D eigenvalue weighted by Gasteiger charge is -2.12. The van der Waals surface area contributed by atoms with Crippen molar-refractivity contribution in [3.63, 3.8) is 0 Å². The summed E-state index contributed by atoms with van der Waals surface area (Å²) in [5, 5.41) is 0.530. The Hall–Kier alpha value is -1.85. The predicted molar refractivity (Wildman–Crippen MR) is 88.2 cm³/mol. The monoisotopic (exact) mass is 337 g/mol. The first-order chi connectivity index (χ1) is 10.2. The summed E-state index contributed by atoms with van der Waals surface area (Å²) in [6, 6.07) is 9.47. The second kappa shape index (κ2) is 6.10. The molecule has 6 heteroatoms. The lowest BCUT2D eigenvalue weighted by Crippen LogP contribution is -2.14. The van der Waals surface area contributed by atoms with Gasteiger partial charge in [-0.2, -0.15) is 0 Å². The molecule has 0 aliphatic heterocycles. The maximum absolute atomic E-state index is 12.5. The number of carbonyl (C=O) groups is 1. The molecule has 0 aliphatic rings. The van der Waals surface area contributed by atoms with E-state index in [4.69, 9.17) is 11.6 Å². The van der Waals surface area contributed by atoms with E-state index in [1.807, 2.05) is 0 Å². The normalized spacial score (nSPS) is 11.3. The van der Waals surface area contributed by atoms with Gasteiger partial charge < -0.3 is 0 Å². The van der Waals surface area contributed by atoms with Crippen LogP contribution in [0.4, 0.5) is 5.69 Å². The Morgan fingerprint density at radius 3 is 2.18 bits per heavy atom. The molecule has 1 N–H and O–H groups in total. The first-order valence-electron chi connectivity index (χ1n) is 6.61. The fourth-order valence-electron chi connectivity index (χ4n) is 2.03. The number of anilines is 1. The largest absolute Gasteiger partial charge is 0.295 e. The van der Waals surface area contributed by atoms with E-state index in [-0.39, 0.29) is 10.7 Å². The smallest absolute Gasteiger partial charge is 0.262 e. The van der Waals surface area contributed by atoms with Crippen molar-refractivity contribution in [1.82, 2.24) is 0 Å². The van der Waals surface area contributed by atoms with Gasteiger partial charge in [0, 0.05) is 16.3 Å². The molecule has 2 aromatic carbocycles. The van der Waals surface area contributed by atoms with E-state index >= 15 is 0 Å². The Kier molecular flexibility index (Phi) is 4.58. The van der Waals surface area contributed by atoms with Crippen LogP contribution in [-0.4, -0.2) is 14.2 Å². The lowest BCUT2D eigenvalue weighted by atomic mass is 10.1. The Bertz CT molecular complexity index is 827. The quantitative estimate of drug-likeness (QED) is 0.859. The standard InChI is InChI=1S/C16H16ClNO3S/c1-10-9-16(11(2)8-15(10)17)22(20,21)18-14-6-4-13(5-7-14)12(3)19/h4-9,18H,1-3H3. The number of Topliss-reactive ketones (excluding diaryl/α,β-unsaturated/α-hetero) is 1. The van der Waals surface area contributed by atoms with Gasteiger partial charge in [0.15, 0.2) is 5.78 Å². The molecule has 0 bridgehead atoms. The van der Waals surface area contributed by atoms with E-state index in [1.165, 1.54) is 6.92 Å². The molecular weight excluding hydrogens is 322 g/mol. The lowest BCUT2D eigenvalue weighted by molar-refractivity contribution is 0.101. The second-order valence-electron chi connectivity index (χ2n) is 5.11. The average molecular weight is 338 g/mol. The molecule has 4 nitrogen and oxygen atoms in total. The summed E-state index contributed by atoms with van der Waals surface area (Å²) in [6.07, 6.45) is 0. The van der Waals surface area contributed by atoms with Gasteiger partial charge in [0.1, 0.15) is 0 Å². The zero-order valence-electron chi connectivity index (χ0n) is 12.5. The minimum Gasteiger partial charge on any atom is -0.295 e. The van der Waals surface area contributed by atoms with Crippen molar-refractivity contribution in [2.75, 3.05) is 4.72 Å². The van der Waals surface area contributed by atoms with Crippen LogP contribution in [0.3, 0.4) is 0 Å². The number of aryl methyl sites for hydroxylation is 2. The average Bonchev–Trinajstić information content (AvgIpc) is 2.42. The SMILES string of the molecule is CC(=O)c1ccc(NS(=O)(=O)c2cc(C)c(Cl)cc2C)cc1. The molecule has 0 unspecified atom stereocenters. The van der Waals surface area contributed by atoms with Crippen molar-refractivity contribution in [2.45, 2.75) is 25.7 Å².